The molecule has 2 rings (SSSR count). The van der Waals surface area contributed by atoms with E-state index in [1.165, 1.54) is 17.7 Å². The topological polar surface area (TPSA) is 126 Å². The summed E-state index contributed by atoms with van der Waals surface area (Å²) < 4.78 is 5.51. The van der Waals surface area contributed by atoms with Gasteiger partial charge in [0, 0.05) is 10.6 Å². The highest BCUT2D eigenvalue weighted by molar-refractivity contribution is 7.99. The maximum atomic E-state index is 7.40. The fourth-order valence-corrected chi connectivity index (χ4v) is 3.92. The molecule has 0 aliphatic rings. The molecule has 6 N–H and O–H groups in total. The number of aryl methyl sites for hydroxylation is 1. The Balaban J connectivity index is 1.54. The molecule has 0 aliphatic heterocycles. The van der Waals surface area contributed by atoms with Gasteiger partial charge in [-0.05, 0) is 31.4 Å². The van der Waals surface area contributed by atoms with Crippen LogP contribution in [0.25, 0.3) is 0 Å². The van der Waals surface area contributed by atoms with E-state index in [-0.39, 0.29) is 11.7 Å². The van der Waals surface area contributed by atoms with E-state index in [4.69, 9.17) is 26.7 Å². The molecule has 2 heterocycles. The van der Waals surface area contributed by atoms with Crippen molar-refractivity contribution in [1.29, 1.82) is 10.8 Å². The summed E-state index contributed by atoms with van der Waals surface area (Å²) in [4.78, 5) is 6.33. The minimum atomic E-state index is 0.0869. The molecule has 0 saturated carbocycles. The molecule has 130 valence electrons. The Bertz CT molecular complexity index is 680. The number of nitrogens with two attached hydrogens (primary N) is 2. The van der Waals surface area contributed by atoms with Gasteiger partial charge < -0.3 is 15.9 Å². The molecule has 0 radical (unpaired) electrons. The molecule has 8 heteroatoms. The number of unbranched alkanes of at least 4 members (excludes halogenated alkanes) is 3. The fraction of sp³-hybridized carbons (Fsp3) is 0.438. The standard InChI is InChI=1S/C16H23N5OS2/c17-14(18)9-11-10-21-16(22-11)23-8-4-2-1-3-5-12-6-7-13(24-12)15(19)20/h6-7,10H,1-5,8-9H2,(H3,17,18)(H3,19,20). The third-order valence-corrected chi connectivity index (χ3v) is 5.47. The summed E-state index contributed by atoms with van der Waals surface area (Å²) >= 11 is 3.22. The molecule has 0 bridgehead atoms. The molecule has 6 nitrogen and oxygen atoms in total. The van der Waals surface area contributed by atoms with E-state index in [0.717, 1.165) is 29.9 Å². The molecule has 0 unspecified atom stereocenters. The number of thioether (sulfide) groups is 1. The first-order valence-electron chi connectivity index (χ1n) is 7.88. The number of hydrogen-bond donors (Lipinski definition) is 4. The van der Waals surface area contributed by atoms with Gasteiger partial charge in [0.25, 0.3) is 5.22 Å². The van der Waals surface area contributed by atoms with Crippen molar-refractivity contribution in [2.45, 2.75) is 43.7 Å². The molecule has 2 aromatic rings. The van der Waals surface area contributed by atoms with Crippen LogP contribution in [-0.4, -0.2) is 22.4 Å². The van der Waals surface area contributed by atoms with Crippen LogP contribution in [0.1, 0.15) is 41.2 Å². The van der Waals surface area contributed by atoms with Crippen LogP contribution in [0.2, 0.25) is 0 Å². The van der Waals surface area contributed by atoms with Gasteiger partial charge in [0.1, 0.15) is 11.6 Å². The van der Waals surface area contributed by atoms with Crippen molar-refractivity contribution >= 4 is 34.8 Å². The highest BCUT2D eigenvalue weighted by atomic mass is 32.2. The lowest BCUT2D eigenvalue weighted by atomic mass is 10.1. The van der Waals surface area contributed by atoms with Crippen LogP contribution in [0, 0.1) is 10.8 Å². The summed E-state index contributed by atoms with van der Waals surface area (Å²) in [5.41, 5.74) is 10.8. The van der Waals surface area contributed by atoms with E-state index in [0.29, 0.717) is 17.4 Å². The molecule has 0 aliphatic carbocycles. The van der Waals surface area contributed by atoms with E-state index in [1.54, 1.807) is 29.3 Å². The van der Waals surface area contributed by atoms with Gasteiger partial charge in [-0.25, -0.2) is 4.98 Å². The van der Waals surface area contributed by atoms with Crippen molar-refractivity contribution in [2.24, 2.45) is 11.5 Å². The molecule has 24 heavy (non-hydrogen) atoms. The zero-order valence-corrected chi connectivity index (χ0v) is 15.1. The molecular weight excluding hydrogens is 342 g/mol. The second kappa shape index (κ2) is 9.48. The summed E-state index contributed by atoms with van der Waals surface area (Å²) in [7, 11) is 0. The second-order valence-corrected chi connectivity index (χ2v) is 7.70. The highest BCUT2D eigenvalue weighted by Crippen LogP contribution is 2.21. The molecule has 0 spiro atoms. The number of oxazole rings is 1. The third kappa shape index (κ3) is 6.37. The number of nitrogens with one attached hydrogen (secondary N) is 2. The lowest BCUT2D eigenvalue weighted by Crippen LogP contribution is -2.11. The van der Waals surface area contributed by atoms with Gasteiger partial charge >= 0.3 is 0 Å². The van der Waals surface area contributed by atoms with E-state index < -0.39 is 0 Å². The van der Waals surface area contributed by atoms with Crippen LogP contribution >= 0.6 is 23.1 Å². The maximum absolute atomic E-state index is 7.40. The van der Waals surface area contributed by atoms with Crippen molar-refractivity contribution in [2.75, 3.05) is 5.75 Å². The number of hydrogen-bond acceptors (Lipinski definition) is 6. The Morgan fingerprint density at radius 3 is 2.67 bits per heavy atom. The Morgan fingerprint density at radius 1 is 1.17 bits per heavy atom. The summed E-state index contributed by atoms with van der Waals surface area (Å²) in [6.07, 6.45) is 7.66. The molecule has 0 saturated heterocycles. The Morgan fingerprint density at radius 2 is 1.96 bits per heavy atom. The normalized spacial score (nSPS) is 10.8. The summed E-state index contributed by atoms with van der Waals surface area (Å²) in [6, 6.07) is 3.99. The van der Waals surface area contributed by atoms with Crippen LogP contribution in [0.5, 0.6) is 0 Å². The zero-order valence-electron chi connectivity index (χ0n) is 13.5. The van der Waals surface area contributed by atoms with E-state index in [2.05, 4.69) is 11.1 Å². The number of aromatic nitrogens is 1. The van der Waals surface area contributed by atoms with Crippen LogP contribution in [-0.2, 0) is 12.8 Å². The summed E-state index contributed by atoms with van der Waals surface area (Å²) in [5, 5.41) is 15.3. The first kappa shape index (κ1) is 18.5. The molecule has 0 amide bonds. The third-order valence-electron chi connectivity index (χ3n) is 3.37. The van der Waals surface area contributed by atoms with E-state index in [9.17, 15) is 0 Å². The van der Waals surface area contributed by atoms with Gasteiger partial charge in [-0.2, -0.15) is 0 Å². The Kier molecular flexibility index (Phi) is 7.33. The molecule has 0 aromatic carbocycles. The van der Waals surface area contributed by atoms with Crippen molar-refractivity contribution in [3.8, 4) is 0 Å². The number of thiophene rings is 1. The van der Waals surface area contributed by atoms with Gasteiger partial charge in [0.2, 0.25) is 0 Å². The zero-order chi connectivity index (χ0) is 17.4. The molecule has 0 atom stereocenters. The average molecular weight is 366 g/mol. The summed E-state index contributed by atoms with van der Waals surface area (Å²) in [5.74, 6) is 1.86. The first-order chi connectivity index (χ1) is 11.5. The highest BCUT2D eigenvalue weighted by Gasteiger charge is 2.06. The van der Waals surface area contributed by atoms with Gasteiger partial charge in [0.05, 0.1) is 23.3 Å². The van der Waals surface area contributed by atoms with Crippen molar-refractivity contribution in [3.05, 3.63) is 33.8 Å². The molecular formula is C16H23N5OS2. The number of rotatable bonds is 11. The largest absolute Gasteiger partial charge is 0.436 e. The number of amidine groups is 2. The quantitative estimate of drug-likeness (QED) is 0.210. The predicted molar refractivity (Wildman–Crippen MR) is 100 cm³/mol. The van der Waals surface area contributed by atoms with Crippen LogP contribution in [0.3, 0.4) is 0 Å². The maximum Gasteiger partial charge on any atom is 0.255 e. The predicted octanol–water partition coefficient (Wildman–Crippen LogP) is 3.39. The second-order valence-electron chi connectivity index (χ2n) is 5.49. The van der Waals surface area contributed by atoms with Gasteiger partial charge in [-0.15, -0.1) is 11.3 Å². The van der Waals surface area contributed by atoms with Crippen LogP contribution < -0.4 is 11.5 Å². The minimum absolute atomic E-state index is 0.0869. The minimum Gasteiger partial charge on any atom is -0.436 e. The van der Waals surface area contributed by atoms with Crippen LogP contribution in [0.15, 0.2) is 28.0 Å². The van der Waals surface area contributed by atoms with Gasteiger partial charge in [0.15, 0.2) is 0 Å². The van der Waals surface area contributed by atoms with E-state index in [1.807, 2.05) is 6.07 Å². The SMILES string of the molecule is N=C(N)Cc1cnc(SCCCCCCc2ccc(C(=N)N)s2)o1. The smallest absolute Gasteiger partial charge is 0.255 e. The van der Waals surface area contributed by atoms with Gasteiger partial charge in [-0.3, -0.25) is 10.8 Å². The van der Waals surface area contributed by atoms with Crippen LogP contribution in [0.4, 0.5) is 0 Å². The van der Waals surface area contributed by atoms with Crippen molar-refractivity contribution in [3.63, 3.8) is 0 Å². The average Bonchev–Trinajstić information content (AvgIpc) is 3.15. The lowest BCUT2D eigenvalue weighted by Gasteiger charge is -2.00. The fourth-order valence-electron chi connectivity index (χ4n) is 2.20. The Hall–Kier alpha value is -1.80. The molecule has 0 fully saturated rings. The van der Waals surface area contributed by atoms with E-state index >= 15 is 0 Å². The number of nitrogens with zero attached hydrogens (tertiary/aromatic N) is 1. The monoisotopic (exact) mass is 365 g/mol. The van der Waals surface area contributed by atoms with Gasteiger partial charge in [-0.1, -0.05) is 24.6 Å². The lowest BCUT2D eigenvalue weighted by molar-refractivity contribution is 0.426. The molecule has 2 aromatic heterocycles. The first-order valence-corrected chi connectivity index (χ1v) is 9.68. The van der Waals surface area contributed by atoms with Crippen molar-refractivity contribution in [1.82, 2.24) is 4.98 Å². The summed E-state index contributed by atoms with van der Waals surface area (Å²) in [6.45, 7) is 0. The number of nitrogen functional groups attached to an aromatic ring is 1. The Labute approximate surface area is 150 Å². The van der Waals surface area contributed by atoms with Crippen molar-refractivity contribution < 1.29 is 4.42 Å².